The molecule has 2 saturated carbocycles. The Labute approximate surface area is 169 Å². The van der Waals surface area contributed by atoms with Gasteiger partial charge in [-0.2, -0.15) is 5.10 Å². The van der Waals surface area contributed by atoms with Crippen LogP contribution in [0.4, 0.5) is 5.82 Å². The lowest BCUT2D eigenvalue weighted by Gasteiger charge is -2.26. The SMILES string of the molecule is NC(=O)c1c(-c2cnc3cc(OC4CCC4)ccc3c2)nn(C2CCCC2)c1N. The van der Waals surface area contributed by atoms with Crippen LogP contribution in [0.2, 0.25) is 0 Å². The Morgan fingerprint density at radius 2 is 1.90 bits per heavy atom. The summed E-state index contributed by atoms with van der Waals surface area (Å²) >= 11 is 0. The summed E-state index contributed by atoms with van der Waals surface area (Å²) < 4.78 is 7.75. The predicted octanol–water partition coefficient (Wildman–Crippen LogP) is 3.83. The lowest BCUT2D eigenvalue weighted by atomic mass is 9.96. The van der Waals surface area contributed by atoms with Gasteiger partial charge in [0.05, 0.1) is 17.7 Å². The van der Waals surface area contributed by atoms with Crippen LogP contribution in [0.5, 0.6) is 5.75 Å². The molecule has 150 valence electrons. The molecule has 29 heavy (non-hydrogen) atoms. The molecule has 2 fully saturated rings. The average Bonchev–Trinajstić information content (AvgIpc) is 3.31. The lowest BCUT2D eigenvalue weighted by molar-refractivity contribution is 0.100. The van der Waals surface area contributed by atoms with Crippen LogP contribution in [0.3, 0.4) is 0 Å². The number of nitrogen functional groups attached to an aromatic ring is 1. The summed E-state index contributed by atoms with van der Waals surface area (Å²) in [6.45, 7) is 0. The normalized spacial score (nSPS) is 17.5. The third-order valence-electron chi connectivity index (χ3n) is 6.15. The number of nitrogens with two attached hydrogens (primary N) is 2. The van der Waals surface area contributed by atoms with Gasteiger partial charge in [0.25, 0.3) is 5.91 Å². The maximum Gasteiger partial charge on any atom is 0.254 e. The number of carbonyl (C=O) groups excluding carboxylic acids is 1. The van der Waals surface area contributed by atoms with E-state index in [0.29, 0.717) is 17.6 Å². The summed E-state index contributed by atoms with van der Waals surface area (Å²) in [6.07, 6.45) is 9.85. The van der Waals surface area contributed by atoms with E-state index in [1.54, 1.807) is 10.9 Å². The van der Waals surface area contributed by atoms with Gasteiger partial charge in [0.1, 0.15) is 22.8 Å². The fourth-order valence-electron chi connectivity index (χ4n) is 4.30. The van der Waals surface area contributed by atoms with E-state index in [-0.39, 0.29) is 11.6 Å². The molecule has 0 aliphatic heterocycles. The molecule has 0 saturated heterocycles. The molecule has 0 unspecified atom stereocenters. The molecule has 7 heteroatoms. The summed E-state index contributed by atoms with van der Waals surface area (Å²) in [6, 6.07) is 8.11. The van der Waals surface area contributed by atoms with Crippen molar-refractivity contribution in [2.45, 2.75) is 57.1 Å². The monoisotopic (exact) mass is 391 g/mol. The molecule has 0 radical (unpaired) electrons. The minimum atomic E-state index is -0.564. The first-order chi connectivity index (χ1) is 14.1. The maximum absolute atomic E-state index is 12.1. The number of ether oxygens (including phenoxy) is 1. The van der Waals surface area contributed by atoms with E-state index < -0.39 is 5.91 Å². The smallest absolute Gasteiger partial charge is 0.254 e. The van der Waals surface area contributed by atoms with E-state index in [1.165, 1.54) is 6.42 Å². The number of anilines is 1. The largest absolute Gasteiger partial charge is 0.490 e. The van der Waals surface area contributed by atoms with Gasteiger partial charge in [0.15, 0.2) is 0 Å². The van der Waals surface area contributed by atoms with Crippen molar-refractivity contribution in [1.82, 2.24) is 14.8 Å². The third-order valence-corrected chi connectivity index (χ3v) is 6.15. The fourth-order valence-corrected chi connectivity index (χ4v) is 4.30. The predicted molar refractivity (Wildman–Crippen MR) is 112 cm³/mol. The van der Waals surface area contributed by atoms with Crippen LogP contribution in [0.15, 0.2) is 30.5 Å². The molecule has 2 aliphatic carbocycles. The molecule has 4 N–H and O–H groups in total. The zero-order valence-corrected chi connectivity index (χ0v) is 16.3. The standard InChI is InChI=1S/C22H25N5O2/c23-21-19(22(24)28)20(26-27(21)15-4-1-2-5-15)14-10-13-8-9-17(11-18(13)25-12-14)29-16-6-3-7-16/h8-12,15-16H,1-7,23H2,(H2,24,28). The van der Waals surface area contributed by atoms with E-state index in [2.05, 4.69) is 4.98 Å². The van der Waals surface area contributed by atoms with Gasteiger partial charge in [-0.05, 0) is 50.3 Å². The Morgan fingerprint density at radius 3 is 2.59 bits per heavy atom. The molecule has 2 aromatic heterocycles. The number of aromatic nitrogens is 3. The Hall–Kier alpha value is -3.09. The second kappa shape index (κ2) is 7.06. The van der Waals surface area contributed by atoms with Crippen molar-refractivity contribution in [2.24, 2.45) is 5.73 Å². The number of pyridine rings is 1. The highest BCUT2D eigenvalue weighted by molar-refractivity contribution is 6.03. The number of fused-ring (bicyclic) bond motifs is 1. The molecule has 2 aliphatic rings. The Kier molecular flexibility index (Phi) is 4.38. The number of amides is 1. The second-order valence-corrected chi connectivity index (χ2v) is 8.11. The first-order valence-electron chi connectivity index (χ1n) is 10.3. The summed E-state index contributed by atoms with van der Waals surface area (Å²) in [4.78, 5) is 16.7. The highest BCUT2D eigenvalue weighted by atomic mass is 16.5. The van der Waals surface area contributed by atoms with Crippen molar-refractivity contribution in [1.29, 1.82) is 0 Å². The van der Waals surface area contributed by atoms with Gasteiger partial charge in [-0.1, -0.05) is 12.8 Å². The number of carbonyl (C=O) groups is 1. The number of hydrogen-bond acceptors (Lipinski definition) is 5. The summed E-state index contributed by atoms with van der Waals surface area (Å²) in [5.41, 5.74) is 14.3. The molecule has 2 heterocycles. The van der Waals surface area contributed by atoms with Crippen molar-refractivity contribution in [3.63, 3.8) is 0 Å². The summed E-state index contributed by atoms with van der Waals surface area (Å²) in [5.74, 6) is 0.630. The van der Waals surface area contributed by atoms with Crippen molar-refractivity contribution < 1.29 is 9.53 Å². The van der Waals surface area contributed by atoms with Gasteiger partial charge >= 0.3 is 0 Å². The Balaban J connectivity index is 1.53. The van der Waals surface area contributed by atoms with Crippen LogP contribution >= 0.6 is 0 Å². The topological polar surface area (TPSA) is 109 Å². The minimum absolute atomic E-state index is 0.224. The van der Waals surface area contributed by atoms with E-state index in [1.807, 2.05) is 24.3 Å². The second-order valence-electron chi connectivity index (χ2n) is 8.11. The van der Waals surface area contributed by atoms with Crippen LogP contribution in [-0.4, -0.2) is 26.8 Å². The highest BCUT2D eigenvalue weighted by Gasteiger charge is 2.27. The van der Waals surface area contributed by atoms with E-state index >= 15 is 0 Å². The van der Waals surface area contributed by atoms with Crippen molar-refractivity contribution in [3.05, 3.63) is 36.0 Å². The quantitative estimate of drug-likeness (QED) is 0.687. The minimum Gasteiger partial charge on any atom is -0.490 e. The van der Waals surface area contributed by atoms with E-state index in [0.717, 1.165) is 60.7 Å². The molecule has 3 aromatic rings. The molecule has 7 nitrogen and oxygen atoms in total. The van der Waals surface area contributed by atoms with Gasteiger partial charge in [0.2, 0.25) is 0 Å². The number of nitrogens with zero attached hydrogens (tertiary/aromatic N) is 3. The van der Waals surface area contributed by atoms with Crippen LogP contribution in [0.25, 0.3) is 22.2 Å². The Morgan fingerprint density at radius 1 is 1.10 bits per heavy atom. The molecule has 1 aromatic carbocycles. The van der Waals surface area contributed by atoms with Gasteiger partial charge < -0.3 is 16.2 Å². The van der Waals surface area contributed by atoms with Crippen LogP contribution in [-0.2, 0) is 0 Å². The third kappa shape index (κ3) is 3.20. The maximum atomic E-state index is 12.1. The van der Waals surface area contributed by atoms with Gasteiger partial charge in [-0.25, -0.2) is 4.68 Å². The molecule has 0 bridgehead atoms. The zero-order valence-electron chi connectivity index (χ0n) is 16.3. The van der Waals surface area contributed by atoms with Crippen molar-refractivity contribution >= 4 is 22.6 Å². The average molecular weight is 391 g/mol. The van der Waals surface area contributed by atoms with Crippen molar-refractivity contribution in [2.75, 3.05) is 5.73 Å². The number of primary amides is 1. The molecule has 5 rings (SSSR count). The van der Waals surface area contributed by atoms with Crippen LogP contribution in [0, 0.1) is 0 Å². The lowest BCUT2D eigenvalue weighted by Crippen LogP contribution is -2.24. The molecular formula is C22H25N5O2. The first-order valence-corrected chi connectivity index (χ1v) is 10.3. The molecule has 1 amide bonds. The number of hydrogen-bond donors (Lipinski definition) is 2. The molecule has 0 spiro atoms. The highest BCUT2D eigenvalue weighted by Crippen LogP contribution is 2.36. The number of rotatable bonds is 5. The summed E-state index contributed by atoms with van der Waals surface area (Å²) in [5, 5.41) is 5.64. The van der Waals surface area contributed by atoms with Gasteiger partial charge in [-0.3, -0.25) is 9.78 Å². The number of benzene rings is 1. The first kappa shape index (κ1) is 18.0. The molecular weight excluding hydrogens is 366 g/mol. The van der Waals surface area contributed by atoms with Crippen LogP contribution < -0.4 is 16.2 Å². The summed E-state index contributed by atoms with van der Waals surface area (Å²) in [7, 11) is 0. The van der Waals surface area contributed by atoms with Crippen molar-refractivity contribution in [3.8, 4) is 17.0 Å². The van der Waals surface area contributed by atoms with Crippen LogP contribution in [0.1, 0.15) is 61.3 Å². The molecule has 0 atom stereocenters. The van der Waals surface area contributed by atoms with E-state index in [9.17, 15) is 4.79 Å². The van der Waals surface area contributed by atoms with E-state index in [4.69, 9.17) is 21.3 Å². The fraction of sp³-hybridized carbons (Fsp3) is 0.409. The zero-order chi connectivity index (χ0) is 20.0. The van der Waals surface area contributed by atoms with Gasteiger partial charge in [-0.15, -0.1) is 0 Å². The Bertz CT molecular complexity index is 1080. The van der Waals surface area contributed by atoms with Gasteiger partial charge in [0, 0.05) is 23.2 Å².